The molecule has 1 aromatic rings. The Morgan fingerprint density at radius 2 is 1.61 bits per heavy atom. The molecule has 0 saturated carbocycles. The zero-order chi connectivity index (χ0) is 13.4. The van der Waals surface area contributed by atoms with Gasteiger partial charge in [0, 0.05) is 13.1 Å². The van der Waals surface area contributed by atoms with E-state index in [-0.39, 0.29) is 0 Å². The Hall–Kier alpha value is -0.860. The molecule has 2 nitrogen and oxygen atoms in total. The molecule has 0 fully saturated rings. The lowest BCUT2D eigenvalue weighted by atomic mass is 10.0. The Labute approximate surface area is 112 Å². The van der Waals surface area contributed by atoms with Crippen molar-refractivity contribution in [3.8, 4) is 0 Å². The van der Waals surface area contributed by atoms with E-state index in [9.17, 15) is 0 Å². The molecule has 0 saturated heterocycles. The molecule has 0 aliphatic heterocycles. The highest BCUT2D eigenvalue weighted by Crippen LogP contribution is 2.09. The van der Waals surface area contributed by atoms with Crippen LogP contribution in [0.5, 0.6) is 0 Å². The zero-order valence-corrected chi connectivity index (χ0v) is 12.2. The molecule has 1 N–H and O–H groups in total. The van der Waals surface area contributed by atoms with Crippen LogP contribution in [-0.4, -0.2) is 19.3 Å². The molecule has 1 aromatic carbocycles. The standard InChI is InChI=1S/C16H27NO/c1-13(2)11-15-5-7-16(8-6-15)12-17-9-10-18-14(3)4/h5-8,13-14,17H,9-12H2,1-4H3. The molecule has 0 spiro atoms. The summed E-state index contributed by atoms with van der Waals surface area (Å²) in [7, 11) is 0. The van der Waals surface area contributed by atoms with Gasteiger partial charge in [-0.25, -0.2) is 0 Å². The minimum Gasteiger partial charge on any atom is -0.377 e. The van der Waals surface area contributed by atoms with Crippen molar-refractivity contribution in [1.29, 1.82) is 0 Å². The normalized spacial score (nSPS) is 11.4. The van der Waals surface area contributed by atoms with Crippen LogP contribution in [0.25, 0.3) is 0 Å². The maximum Gasteiger partial charge on any atom is 0.0594 e. The van der Waals surface area contributed by atoms with Crippen molar-refractivity contribution < 1.29 is 4.74 Å². The van der Waals surface area contributed by atoms with Crippen LogP contribution in [0, 0.1) is 5.92 Å². The Bertz CT molecular complexity index is 316. The van der Waals surface area contributed by atoms with Gasteiger partial charge in [0.15, 0.2) is 0 Å². The van der Waals surface area contributed by atoms with E-state index in [2.05, 4.69) is 57.3 Å². The Morgan fingerprint density at radius 3 is 2.17 bits per heavy atom. The van der Waals surface area contributed by atoms with Crippen LogP contribution in [0.1, 0.15) is 38.8 Å². The summed E-state index contributed by atoms with van der Waals surface area (Å²) in [6.45, 7) is 11.2. The van der Waals surface area contributed by atoms with Gasteiger partial charge in [-0.15, -0.1) is 0 Å². The van der Waals surface area contributed by atoms with Crippen molar-refractivity contribution >= 4 is 0 Å². The van der Waals surface area contributed by atoms with Gasteiger partial charge in [-0.05, 0) is 37.3 Å². The number of benzene rings is 1. The van der Waals surface area contributed by atoms with E-state index in [1.54, 1.807) is 0 Å². The van der Waals surface area contributed by atoms with Crippen LogP contribution in [0.4, 0.5) is 0 Å². The number of ether oxygens (including phenoxy) is 1. The second kappa shape index (κ2) is 8.28. The van der Waals surface area contributed by atoms with Gasteiger partial charge in [-0.3, -0.25) is 0 Å². The van der Waals surface area contributed by atoms with Crippen molar-refractivity contribution in [2.45, 2.75) is 46.8 Å². The van der Waals surface area contributed by atoms with Crippen LogP contribution in [0.2, 0.25) is 0 Å². The van der Waals surface area contributed by atoms with Gasteiger partial charge >= 0.3 is 0 Å². The molecule has 0 radical (unpaired) electrons. The third kappa shape index (κ3) is 6.77. The first-order chi connectivity index (χ1) is 8.58. The number of hydrogen-bond donors (Lipinski definition) is 1. The molecular formula is C16H27NO. The number of hydrogen-bond acceptors (Lipinski definition) is 2. The van der Waals surface area contributed by atoms with Gasteiger partial charge in [0.25, 0.3) is 0 Å². The second-order valence-electron chi connectivity index (χ2n) is 5.51. The molecule has 1 rings (SSSR count). The summed E-state index contributed by atoms with van der Waals surface area (Å²) in [5, 5.41) is 3.39. The van der Waals surface area contributed by atoms with Crippen LogP contribution in [0.15, 0.2) is 24.3 Å². The summed E-state index contributed by atoms with van der Waals surface area (Å²) in [6, 6.07) is 8.91. The minimum atomic E-state index is 0.321. The fourth-order valence-corrected chi connectivity index (χ4v) is 1.86. The SMILES string of the molecule is CC(C)Cc1ccc(CNCCOC(C)C)cc1. The zero-order valence-electron chi connectivity index (χ0n) is 12.2. The lowest BCUT2D eigenvalue weighted by Gasteiger charge is -2.09. The molecule has 0 aliphatic rings. The fourth-order valence-electron chi connectivity index (χ4n) is 1.86. The topological polar surface area (TPSA) is 21.3 Å². The average molecular weight is 249 g/mol. The Kier molecular flexibility index (Phi) is 6.99. The van der Waals surface area contributed by atoms with Crippen LogP contribution in [0.3, 0.4) is 0 Å². The fraction of sp³-hybridized carbons (Fsp3) is 0.625. The summed E-state index contributed by atoms with van der Waals surface area (Å²) < 4.78 is 5.48. The van der Waals surface area contributed by atoms with Crippen molar-refractivity contribution in [3.05, 3.63) is 35.4 Å². The van der Waals surface area contributed by atoms with Gasteiger partial charge in [0.05, 0.1) is 12.7 Å². The van der Waals surface area contributed by atoms with E-state index in [0.717, 1.165) is 32.0 Å². The maximum atomic E-state index is 5.48. The second-order valence-corrected chi connectivity index (χ2v) is 5.51. The molecule has 0 aromatic heterocycles. The van der Waals surface area contributed by atoms with Crippen molar-refractivity contribution in [3.63, 3.8) is 0 Å². The number of rotatable bonds is 8. The largest absolute Gasteiger partial charge is 0.377 e. The molecule has 0 unspecified atom stereocenters. The minimum absolute atomic E-state index is 0.321. The van der Waals surface area contributed by atoms with E-state index in [1.807, 2.05) is 0 Å². The highest BCUT2D eigenvalue weighted by Gasteiger charge is 1.98. The van der Waals surface area contributed by atoms with Gasteiger partial charge in [-0.1, -0.05) is 38.1 Å². The van der Waals surface area contributed by atoms with Crippen LogP contribution < -0.4 is 5.32 Å². The molecule has 2 heteroatoms. The van der Waals surface area contributed by atoms with E-state index >= 15 is 0 Å². The van der Waals surface area contributed by atoms with Gasteiger partial charge in [0.1, 0.15) is 0 Å². The summed E-state index contributed by atoms with van der Waals surface area (Å²) in [6.07, 6.45) is 1.48. The molecule has 102 valence electrons. The summed E-state index contributed by atoms with van der Waals surface area (Å²) >= 11 is 0. The molecule has 0 heterocycles. The molecular weight excluding hydrogens is 222 g/mol. The van der Waals surface area contributed by atoms with E-state index in [0.29, 0.717) is 6.10 Å². The lowest BCUT2D eigenvalue weighted by molar-refractivity contribution is 0.0807. The van der Waals surface area contributed by atoms with E-state index in [1.165, 1.54) is 11.1 Å². The smallest absolute Gasteiger partial charge is 0.0594 e. The van der Waals surface area contributed by atoms with Crippen LogP contribution >= 0.6 is 0 Å². The summed E-state index contributed by atoms with van der Waals surface area (Å²) in [4.78, 5) is 0. The Morgan fingerprint density at radius 1 is 1.00 bits per heavy atom. The maximum absolute atomic E-state index is 5.48. The van der Waals surface area contributed by atoms with Gasteiger partial charge in [0.2, 0.25) is 0 Å². The van der Waals surface area contributed by atoms with Crippen LogP contribution in [-0.2, 0) is 17.7 Å². The van der Waals surface area contributed by atoms with Crippen molar-refractivity contribution in [2.75, 3.05) is 13.2 Å². The Balaban J connectivity index is 2.22. The molecule has 0 bridgehead atoms. The molecule has 0 aliphatic carbocycles. The molecule has 0 atom stereocenters. The first-order valence-electron chi connectivity index (χ1n) is 6.98. The quantitative estimate of drug-likeness (QED) is 0.713. The first kappa shape index (κ1) is 15.2. The van der Waals surface area contributed by atoms with E-state index < -0.39 is 0 Å². The third-order valence-electron chi connectivity index (χ3n) is 2.73. The third-order valence-corrected chi connectivity index (χ3v) is 2.73. The highest BCUT2D eigenvalue weighted by molar-refractivity contribution is 5.22. The average Bonchev–Trinajstić information content (AvgIpc) is 2.30. The summed E-state index contributed by atoms with van der Waals surface area (Å²) in [5.41, 5.74) is 2.77. The van der Waals surface area contributed by atoms with E-state index in [4.69, 9.17) is 4.74 Å². The highest BCUT2D eigenvalue weighted by atomic mass is 16.5. The predicted octanol–water partition coefficient (Wildman–Crippen LogP) is 3.40. The first-order valence-corrected chi connectivity index (χ1v) is 6.98. The lowest BCUT2D eigenvalue weighted by Crippen LogP contribution is -2.20. The van der Waals surface area contributed by atoms with Crippen molar-refractivity contribution in [2.24, 2.45) is 5.92 Å². The molecule has 0 amide bonds. The molecule has 18 heavy (non-hydrogen) atoms. The number of nitrogens with one attached hydrogen (secondary N) is 1. The van der Waals surface area contributed by atoms with Crippen molar-refractivity contribution in [1.82, 2.24) is 5.32 Å². The monoisotopic (exact) mass is 249 g/mol. The predicted molar refractivity (Wildman–Crippen MR) is 77.8 cm³/mol. The van der Waals surface area contributed by atoms with Gasteiger partial charge < -0.3 is 10.1 Å². The van der Waals surface area contributed by atoms with Gasteiger partial charge in [-0.2, -0.15) is 0 Å². The summed E-state index contributed by atoms with van der Waals surface area (Å²) in [5.74, 6) is 0.724.